The first-order chi connectivity index (χ1) is 7.76. The molecule has 0 aromatic carbocycles. The van der Waals surface area contributed by atoms with Crippen molar-refractivity contribution in [3.05, 3.63) is 0 Å². The predicted molar refractivity (Wildman–Crippen MR) is 65.0 cm³/mol. The lowest BCUT2D eigenvalue weighted by Crippen LogP contribution is -2.38. The fourth-order valence-corrected chi connectivity index (χ4v) is 2.55. The molecule has 1 amide bonds. The lowest BCUT2D eigenvalue weighted by molar-refractivity contribution is -0.130. The van der Waals surface area contributed by atoms with Crippen molar-refractivity contribution in [2.45, 2.75) is 64.6 Å². The average molecular weight is 224 g/mol. The second kappa shape index (κ2) is 5.17. The van der Waals surface area contributed by atoms with E-state index in [9.17, 15) is 4.79 Å². The number of amides is 1. The molecule has 2 atom stereocenters. The molecule has 2 unspecified atom stereocenters. The van der Waals surface area contributed by atoms with Crippen molar-refractivity contribution < 1.29 is 4.79 Å². The van der Waals surface area contributed by atoms with Gasteiger partial charge >= 0.3 is 0 Å². The van der Waals surface area contributed by atoms with Gasteiger partial charge in [0.15, 0.2) is 0 Å². The molecule has 1 saturated heterocycles. The van der Waals surface area contributed by atoms with E-state index in [4.69, 9.17) is 0 Å². The minimum absolute atomic E-state index is 0.0794. The van der Waals surface area contributed by atoms with Crippen molar-refractivity contribution in [3.8, 4) is 0 Å². The maximum atomic E-state index is 12.1. The van der Waals surface area contributed by atoms with E-state index in [1.54, 1.807) is 0 Å². The van der Waals surface area contributed by atoms with Gasteiger partial charge in [-0.15, -0.1) is 0 Å². The van der Waals surface area contributed by atoms with Crippen LogP contribution in [0.5, 0.6) is 0 Å². The van der Waals surface area contributed by atoms with Crippen LogP contribution in [-0.4, -0.2) is 29.6 Å². The van der Waals surface area contributed by atoms with Crippen LogP contribution in [0, 0.1) is 5.92 Å². The molecular weight excluding hydrogens is 200 g/mol. The summed E-state index contributed by atoms with van der Waals surface area (Å²) in [6, 6.07) is 0.0794. The van der Waals surface area contributed by atoms with Gasteiger partial charge in [0.1, 0.15) is 0 Å². The highest BCUT2D eigenvalue weighted by Crippen LogP contribution is 2.33. The van der Waals surface area contributed by atoms with E-state index < -0.39 is 0 Å². The van der Waals surface area contributed by atoms with Crippen molar-refractivity contribution in [2.75, 3.05) is 6.54 Å². The molecule has 2 rings (SSSR count). The Kier molecular flexibility index (Phi) is 3.85. The second-order valence-corrected chi connectivity index (χ2v) is 5.20. The molecule has 1 heterocycles. The van der Waals surface area contributed by atoms with Crippen molar-refractivity contribution >= 4 is 5.91 Å². The summed E-state index contributed by atoms with van der Waals surface area (Å²) in [6.45, 7) is 5.24. The summed E-state index contributed by atoms with van der Waals surface area (Å²) >= 11 is 0. The van der Waals surface area contributed by atoms with Crippen LogP contribution in [0.15, 0.2) is 0 Å². The van der Waals surface area contributed by atoms with Crippen LogP contribution in [0.4, 0.5) is 0 Å². The van der Waals surface area contributed by atoms with Crippen LogP contribution in [-0.2, 0) is 4.79 Å². The number of carbonyl (C=O) groups is 1. The first-order valence-electron chi connectivity index (χ1n) is 6.82. The SMILES string of the molecule is CCCC1NC(CC)C(=O)N1CCC1CC1. The minimum atomic E-state index is 0.0794. The van der Waals surface area contributed by atoms with Crippen LogP contribution < -0.4 is 5.32 Å². The molecule has 1 aliphatic carbocycles. The molecule has 3 nitrogen and oxygen atoms in total. The molecular formula is C13H24N2O. The fourth-order valence-electron chi connectivity index (χ4n) is 2.55. The van der Waals surface area contributed by atoms with Crippen LogP contribution in [0.1, 0.15) is 52.4 Å². The van der Waals surface area contributed by atoms with Crippen LogP contribution >= 0.6 is 0 Å². The van der Waals surface area contributed by atoms with Crippen molar-refractivity contribution in [2.24, 2.45) is 5.92 Å². The first kappa shape index (κ1) is 11.9. The zero-order valence-electron chi connectivity index (χ0n) is 10.5. The predicted octanol–water partition coefficient (Wildman–Crippen LogP) is 2.12. The van der Waals surface area contributed by atoms with Gasteiger partial charge in [0.2, 0.25) is 5.91 Å². The molecule has 1 aliphatic heterocycles. The second-order valence-electron chi connectivity index (χ2n) is 5.20. The van der Waals surface area contributed by atoms with Gasteiger partial charge < -0.3 is 4.90 Å². The van der Waals surface area contributed by atoms with Crippen molar-refractivity contribution in [3.63, 3.8) is 0 Å². The number of nitrogens with one attached hydrogen (secondary N) is 1. The third-order valence-electron chi connectivity index (χ3n) is 3.80. The summed E-state index contributed by atoms with van der Waals surface area (Å²) in [7, 11) is 0. The van der Waals surface area contributed by atoms with E-state index in [-0.39, 0.29) is 6.04 Å². The Morgan fingerprint density at radius 2 is 2.06 bits per heavy atom. The van der Waals surface area contributed by atoms with E-state index >= 15 is 0 Å². The largest absolute Gasteiger partial charge is 0.326 e. The fraction of sp³-hybridized carbons (Fsp3) is 0.923. The number of hydrogen-bond acceptors (Lipinski definition) is 2. The third-order valence-corrected chi connectivity index (χ3v) is 3.80. The number of nitrogens with zero attached hydrogens (tertiary/aromatic N) is 1. The zero-order valence-corrected chi connectivity index (χ0v) is 10.5. The van der Waals surface area contributed by atoms with Crippen LogP contribution in [0.3, 0.4) is 0 Å². The Balaban J connectivity index is 1.90. The van der Waals surface area contributed by atoms with Crippen molar-refractivity contribution in [1.82, 2.24) is 10.2 Å². The van der Waals surface area contributed by atoms with Gasteiger partial charge in [0.05, 0.1) is 12.2 Å². The van der Waals surface area contributed by atoms with Gasteiger partial charge in [-0.3, -0.25) is 10.1 Å². The molecule has 3 heteroatoms. The Bertz CT molecular complexity index is 250. The van der Waals surface area contributed by atoms with Gasteiger partial charge in [0.25, 0.3) is 0 Å². The summed E-state index contributed by atoms with van der Waals surface area (Å²) in [5, 5.41) is 3.46. The smallest absolute Gasteiger partial charge is 0.241 e. The highest BCUT2D eigenvalue weighted by molar-refractivity contribution is 5.84. The standard InChI is InChI=1S/C13H24N2O/c1-3-5-12-14-11(4-2)13(16)15(12)9-8-10-6-7-10/h10-12,14H,3-9H2,1-2H3. The third kappa shape index (κ3) is 2.57. The average Bonchev–Trinajstić information content (AvgIpc) is 3.04. The monoisotopic (exact) mass is 224 g/mol. The molecule has 0 aromatic heterocycles. The maximum absolute atomic E-state index is 12.1. The minimum Gasteiger partial charge on any atom is -0.326 e. The lowest BCUT2D eigenvalue weighted by atomic mass is 10.2. The van der Waals surface area contributed by atoms with Gasteiger partial charge in [-0.1, -0.05) is 33.1 Å². The Hall–Kier alpha value is -0.570. The summed E-state index contributed by atoms with van der Waals surface area (Å²) in [4.78, 5) is 14.2. The van der Waals surface area contributed by atoms with Crippen LogP contribution in [0.2, 0.25) is 0 Å². The number of hydrogen-bond donors (Lipinski definition) is 1. The quantitative estimate of drug-likeness (QED) is 0.749. The molecule has 0 aromatic rings. The number of rotatable bonds is 6. The highest BCUT2D eigenvalue weighted by atomic mass is 16.2. The normalized spacial score (nSPS) is 30.1. The van der Waals surface area contributed by atoms with E-state index in [0.29, 0.717) is 12.1 Å². The van der Waals surface area contributed by atoms with Gasteiger partial charge in [-0.2, -0.15) is 0 Å². The summed E-state index contributed by atoms with van der Waals surface area (Å²) in [5.74, 6) is 1.25. The Labute approximate surface area is 98.6 Å². The van der Waals surface area contributed by atoms with E-state index in [2.05, 4.69) is 24.1 Å². The molecule has 92 valence electrons. The highest BCUT2D eigenvalue weighted by Gasteiger charge is 2.37. The van der Waals surface area contributed by atoms with E-state index in [0.717, 1.165) is 31.7 Å². The molecule has 0 radical (unpaired) electrons. The van der Waals surface area contributed by atoms with E-state index in [1.165, 1.54) is 19.3 Å². The molecule has 1 N–H and O–H groups in total. The van der Waals surface area contributed by atoms with Crippen molar-refractivity contribution in [1.29, 1.82) is 0 Å². The summed E-state index contributed by atoms with van der Waals surface area (Å²) in [6.07, 6.45) is 7.43. The maximum Gasteiger partial charge on any atom is 0.241 e. The first-order valence-corrected chi connectivity index (χ1v) is 6.82. The molecule has 1 saturated carbocycles. The van der Waals surface area contributed by atoms with Gasteiger partial charge in [0, 0.05) is 6.54 Å². The Morgan fingerprint density at radius 3 is 2.62 bits per heavy atom. The molecule has 0 bridgehead atoms. The molecule has 2 aliphatic rings. The topological polar surface area (TPSA) is 32.3 Å². The lowest BCUT2D eigenvalue weighted by Gasteiger charge is -2.23. The van der Waals surface area contributed by atoms with Gasteiger partial charge in [-0.25, -0.2) is 0 Å². The van der Waals surface area contributed by atoms with Crippen LogP contribution in [0.25, 0.3) is 0 Å². The van der Waals surface area contributed by atoms with E-state index in [1.807, 2.05) is 0 Å². The van der Waals surface area contributed by atoms with Gasteiger partial charge in [-0.05, 0) is 25.2 Å². The molecule has 0 spiro atoms. The molecule has 2 fully saturated rings. The summed E-state index contributed by atoms with van der Waals surface area (Å²) < 4.78 is 0. The number of carbonyl (C=O) groups excluding carboxylic acids is 1. The summed E-state index contributed by atoms with van der Waals surface area (Å²) in [5.41, 5.74) is 0. The zero-order chi connectivity index (χ0) is 11.5. The molecule has 16 heavy (non-hydrogen) atoms. The Morgan fingerprint density at radius 1 is 1.31 bits per heavy atom.